The molecule has 8 heteroatoms. The lowest BCUT2D eigenvalue weighted by atomic mass is 9.96. The molecular formula is C21H25N3O4S. The largest absolute Gasteiger partial charge is 0.448 e. The zero-order valence-electron chi connectivity index (χ0n) is 16.6. The molecule has 0 saturated heterocycles. The van der Waals surface area contributed by atoms with E-state index in [-0.39, 0.29) is 11.7 Å². The number of nitrogens with one attached hydrogen (secondary N) is 2. The van der Waals surface area contributed by atoms with Gasteiger partial charge in [-0.05, 0) is 26.7 Å². The smallest absolute Gasteiger partial charge is 0.358 e. The number of urea groups is 1. The molecule has 1 atom stereocenters. The Morgan fingerprint density at radius 3 is 2.52 bits per heavy atom. The maximum absolute atomic E-state index is 12.3. The normalized spacial score (nSPS) is 15.4. The molecule has 0 bridgehead atoms. The Morgan fingerprint density at radius 1 is 1.14 bits per heavy atom. The fourth-order valence-electron chi connectivity index (χ4n) is 3.15. The van der Waals surface area contributed by atoms with E-state index in [0.29, 0.717) is 5.01 Å². The number of aryl methyl sites for hydroxylation is 1. The van der Waals surface area contributed by atoms with Gasteiger partial charge in [0.05, 0.1) is 0 Å². The highest BCUT2D eigenvalue weighted by atomic mass is 32.1. The summed E-state index contributed by atoms with van der Waals surface area (Å²) in [5, 5.41) is 7.32. The van der Waals surface area contributed by atoms with Gasteiger partial charge in [-0.25, -0.2) is 14.6 Å². The van der Waals surface area contributed by atoms with Crippen LogP contribution in [0.25, 0.3) is 10.6 Å². The van der Waals surface area contributed by atoms with E-state index >= 15 is 0 Å². The summed E-state index contributed by atoms with van der Waals surface area (Å²) in [6.45, 7) is 3.42. The van der Waals surface area contributed by atoms with Gasteiger partial charge in [0.1, 0.15) is 5.01 Å². The minimum atomic E-state index is -1.11. The second-order valence-corrected chi connectivity index (χ2v) is 8.11. The van der Waals surface area contributed by atoms with E-state index < -0.39 is 24.0 Å². The Labute approximate surface area is 173 Å². The number of hydrogen-bond donors (Lipinski definition) is 2. The number of carbonyl (C=O) groups is 3. The van der Waals surface area contributed by atoms with Crippen molar-refractivity contribution < 1.29 is 19.1 Å². The molecule has 1 heterocycles. The second-order valence-electron chi connectivity index (χ2n) is 7.25. The highest BCUT2D eigenvalue weighted by Gasteiger charge is 2.24. The van der Waals surface area contributed by atoms with E-state index in [1.807, 2.05) is 31.2 Å². The number of benzene rings is 1. The van der Waals surface area contributed by atoms with Crippen LogP contribution in [0.3, 0.4) is 0 Å². The molecule has 29 heavy (non-hydrogen) atoms. The molecule has 3 rings (SSSR count). The number of imide groups is 1. The Bertz CT molecular complexity index is 872. The molecular weight excluding hydrogens is 390 g/mol. The van der Waals surface area contributed by atoms with Crippen molar-refractivity contribution in [2.45, 2.75) is 58.1 Å². The van der Waals surface area contributed by atoms with Crippen molar-refractivity contribution in [2.24, 2.45) is 0 Å². The van der Waals surface area contributed by atoms with Gasteiger partial charge in [-0.1, -0.05) is 49.1 Å². The fourth-order valence-corrected chi connectivity index (χ4v) is 3.95. The Hall–Kier alpha value is -2.74. The quantitative estimate of drug-likeness (QED) is 0.724. The standard InChI is InChI=1S/C21H25N3O4S/c1-13-8-10-15(11-9-13)19-23-17(12-29-19)20(26)28-14(2)18(25)24-21(27)22-16-6-4-3-5-7-16/h8-12,14,16H,3-7H2,1-2H3,(H2,22,24,25,27). The van der Waals surface area contributed by atoms with Crippen LogP contribution in [0.5, 0.6) is 0 Å². The number of rotatable bonds is 5. The first kappa shape index (κ1) is 21.0. The molecule has 1 aliphatic rings. The van der Waals surface area contributed by atoms with E-state index in [0.717, 1.165) is 36.8 Å². The highest BCUT2D eigenvalue weighted by Crippen LogP contribution is 2.24. The lowest BCUT2D eigenvalue weighted by Gasteiger charge is -2.23. The average molecular weight is 416 g/mol. The van der Waals surface area contributed by atoms with Gasteiger partial charge in [-0.15, -0.1) is 11.3 Å². The maximum atomic E-state index is 12.3. The van der Waals surface area contributed by atoms with Gasteiger partial charge < -0.3 is 10.1 Å². The fraction of sp³-hybridized carbons (Fsp3) is 0.429. The first-order chi connectivity index (χ1) is 13.9. The van der Waals surface area contributed by atoms with E-state index in [2.05, 4.69) is 15.6 Å². The van der Waals surface area contributed by atoms with Gasteiger partial charge in [0.25, 0.3) is 5.91 Å². The summed E-state index contributed by atoms with van der Waals surface area (Å²) in [6.07, 6.45) is 4.05. The van der Waals surface area contributed by atoms with Gasteiger partial charge in [0.15, 0.2) is 11.8 Å². The van der Waals surface area contributed by atoms with Crippen LogP contribution in [-0.4, -0.2) is 35.0 Å². The predicted molar refractivity (Wildman–Crippen MR) is 111 cm³/mol. The van der Waals surface area contributed by atoms with Crippen LogP contribution in [0.4, 0.5) is 4.79 Å². The number of esters is 1. The Balaban J connectivity index is 1.51. The molecule has 1 saturated carbocycles. The summed E-state index contributed by atoms with van der Waals surface area (Å²) < 4.78 is 5.17. The zero-order chi connectivity index (χ0) is 20.8. The molecule has 2 aromatic rings. The van der Waals surface area contributed by atoms with Crippen molar-refractivity contribution in [1.82, 2.24) is 15.6 Å². The highest BCUT2D eigenvalue weighted by molar-refractivity contribution is 7.13. The van der Waals surface area contributed by atoms with Crippen LogP contribution in [0.2, 0.25) is 0 Å². The molecule has 154 valence electrons. The second kappa shape index (κ2) is 9.65. The van der Waals surface area contributed by atoms with E-state index in [1.54, 1.807) is 5.38 Å². The first-order valence-corrected chi connectivity index (χ1v) is 10.7. The summed E-state index contributed by atoms with van der Waals surface area (Å²) >= 11 is 1.33. The summed E-state index contributed by atoms with van der Waals surface area (Å²) in [5.74, 6) is -1.37. The lowest BCUT2D eigenvalue weighted by molar-refractivity contribution is -0.127. The molecule has 1 unspecified atom stereocenters. The molecule has 1 aromatic heterocycles. The van der Waals surface area contributed by atoms with Crippen molar-refractivity contribution >= 4 is 29.2 Å². The summed E-state index contributed by atoms with van der Waals surface area (Å²) in [5.41, 5.74) is 2.18. The third kappa shape index (κ3) is 5.87. The third-order valence-corrected chi connectivity index (χ3v) is 5.73. The third-order valence-electron chi connectivity index (χ3n) is 4.84. The molecule has 1 fully saturated rings. The molecule has 7 nitrogen and oxygen atoms in total. The van der Waals surface area contributed by atoms with Crippen LogP contribution < -0.4 is 10.6 Å². The van der Waals surface area contributed by atoms with Crippen molar-refractivity contribution in [3.63, 3.8) is 0 Å². The van der Waals surface area contributed by atoms with E-state index in [4.69, 9.17) is 4.74 Å². The number of carbonyl (C=O) groups excluding carboxylic acids is 3. The average Bonchev–Trinajstić information content (AvgIpc) is 3.19. The van der Waals surface area contributed by atoms with Crippen LogP contribution in [0.15, 0.2) is 29.6 Å². The predicted octanol–water partition coefficient (Wildman–Crippen LogP) is 3.82. The van der Waals surface area contributed by atoms with E-state index in [9.17, 15) is 14.4 Å². The van der Waals surface area contributed by atoms with Crippen LogP contribution >= 0.6 is 11.3 Å². The monoisotopic (exact) mass is 415 g/mol. The molecule has 1 aromatic carbocycles. The first-order valence-electron chi connectivity index (χ1n) is 9.77. The summed E-state index contributed by atoms with van der Waals surface area (Å²) in [6, 6.07) is 7.35. The van der Waals surface area contributed by atoms with Crippen LogP contribution in [0.1, 0.15) is 55.1 Å². The zero-order valence-corrected chi connectivity index (χ0v) is 17.4. The minimum absolute atomic E-state index is 0.0876. The molecule has 2 N–H and O–H groups in total. The van der Waals surface area contributed by atoms with Gasteiger partial charge >= 0.3 is 12.0 Å². The number of thiazole rings is 1. The Kier molecular flexibility index (Phi) is 6.98. The van der Waals surface area contributed by atoms with E-state index in [1.165, 1.54) is 24.7 Å². The minimum Gasteiger partial charge on any atom is -0.448 e. The lowest BCUT2D eigenvalue weighted by Crippen LogP contribution is -2.48. The van der Waals surface area contributed by atoms with Crippen molar-refractivity contribution in [3.8, 4) is 10.6 Å². The summed E-state index contributed by atoms with van der Waals surface area (Å²) in [7, 11) is 0. The number of nitrogens with zero attached hydrogens (tertiary/aromatic N) is 1. The van der Waals surface area contributed by atoms with Gasteiger partial charge in [-0.2, -0.15) is 0 Å². The van der Waals surface area contributed by atoms with Crippen molar-refractivity contribution in [1.29, 1.82) is 0 Å². The molecule has 0 spiro atoms. The number of ether oxygens (including phenoxy) is 1. The Morgan fingerprint density at radius 2 is 1.83 bits per heavy atom. The van der Waals surface area contributed by atoms with Crippen LogP contribution in [-0.2, 0) is 9.53 Å². The van der Waals surface area contributed by atoms with Gasteiger partial charge in [0, 0.05) is 17.0 Å². The van der Waals surface area contributed by atoms with Crippen molar-refractivity contribution in [2.75, 3.05) is 0 Å². The maximum Gasteiger partial charge on any atom is 0.358 e. The molecule has 0 aliphatic heterocycles. The van der Waals surface area contributed by atoms with Crippen LogP contribution in [0, 0.1) is 6.92 Å². The summed E-state index contributed by atoms with van der Waals surface area (Å²) in [4.78, 5) is 40.7. The number of aromatic nitrogens is 1. The molecule has 1 aliphatic carbocycles. The SMILES string of the molecule is Cc1ccc(-c2nc(C(=O)OC(C)C(=O)NC(=O)NC3CCCCC3)cs2)cc1. The van der Waals surface area contributed by atoms with Gasteiger partial charge in [0.2, 0.25) is 0 Å². The topological polar surface area (TPSA) is 97.4 Å². The number of hydrogen-bond acceptors (Lipinski definition) is 6. The van der Waals surface area contributed by atoms with Gasteiger partial charge in [-0.3, -0.25) is 10.1 Å². The molecule has 0 radical (unpaired) electrons. The van der Waals surface area contributed by atoms with Crippen molar-refractivity contribution in [3.05, 3.63) is 40.9 Å². The molecule has 3 amide bonds. The number of amides is 3.